The van der Waals surface area contributed by atoms with Crippen molar-refractivity contribution in [3.05, 3.63) is 0 Å². The second-order valence-electron chi connectivity index (χ2n) is 6.05. The summed E-state index contributed by atoms with van der Waals surface area (Å²) in [7, 11) is 0. The molecule has 3 unspecified atom stereocenters. The molecular formula is C14H23F3N2O. The van der Waals surface area contributed by atoms with E-state index in [-0.39, 0.29) is 18.4 Å². The number of carbonyl (C=O) groups is 1. The molecule has 2 fully saturated rings. The van der Waals surface area contributed by atoms with Crippen molar-refractivity contribution in [2.24, 2.45) is 5.92 Å². The number of hydrogen-bond donors (Lipinski definition) is 1. The molecule has 3 atom stereocenters. The van der Waals surface area contributed by atoms with Crippen LogP contribution in [0.3, 0.4) is 0 Å². The van der Waals surface area contributed by atoms with Crippen molar-refractivity contribution >= 4 is 5.91 Å². The highest BCUT2D eigenvalue weighted by molar-refractivity contribution is 5.78. The molecule has 1 saturated heterocycles. The van der Waals surface area contributed by atoms with Crippen molar-refractivity contribution in [1.82, 2.24) is 10.2 Å². The molecule has 1 aliphatic carbocycles. The van der Waals surface area contributed by atoms with Crippen LogP contribution in [0, 0.1) is 5.92 Å². The van der Waals surface area contributed by atoms with E-state index >= 15 is 0 Å². The van der Waals surface area contributed by atoms with Crippen molar-refractivity contribution in [2.75, 3.05) is 13.1 Å². The molecule has 3 nitrogen and oxygen atoms in total. The Morgan fingerprint density at radius 1 is 1.30 bits per heavy atom. The van der Waals surface area contributed by atoms with Crippen LogP contribution in [0.25, 0.3) is 0 Å². The van der Waals surface area contributed by atoms with Gasteiger partial charge in [0.05, 0.1) is 5.92 Å². The lowest BCUT2D eigenvalue weighted by atomic mass is 9.83. The zero-order chi connectivity index (χ0) is 14.8. The summed E-state index contributed by atoms with van der Waals surface area (Å²) >= 11 is 0. The fraction of sp³-hybridized carbons (Fsp3) is 0.929. The van der Waals surface area contributed by atoms with Gasteiger partial charge >= 0.3 is 6.18 Å². The Morgan fingerprint density at radius 3 is 2.60 bits per heavy atom. The van der Waals surface area contributed by atoms with E-state index in [1.54, 1.807) is 4.90 Å². The van der Waals surface area contributed by atoms with Gasteiger partial charge in [-0.1, -0.05) is 12.8 Å². The lowest BCUT2D eigenvalue weighted by Crippen LogP contribution is -2.51. The van der Waals surface area contributed by atoms with Gasteiger partial charge in [0.25, 0.3) is 0 Å². The summed E-state index contributed by atoms with van der Waals surface area (Å²) < 4.78 is 39.0. The van der Waals surface area contributed by atoms with Crippen molar-refractivity contribution in [2.45, 2.75) is 63.7 Å². The van der Waals surface area contributed by atoms with Gasteiger partial charge in [-0.2, -0.15) is 13.2 Å². The Kier molecular flexibility index (Phi) is 4.94. The van der Waals surface area contributed by atoms with Crippen molar-refractivity contribution < 1.29 is 18.0 Å². The number of rotatable bonds is 4. The quantitative estimate of drug-likeness (QED) is 0.864. The minimum Gasteiger partial charge on any atom is -0.341 e. The number of alkyl halides is 3. The van der Waals surface area contributed by atoms with Crippen LogP contribution < -0.4 is 5.32 Å². The van der Waals surface area contributed by atoms with Crippen LogP contribution >= 0.6 is 0 Å². The number of hydrogen-bond acceptors (Lipinski definition) is 2. The lowest BCUT2D eigenvalue weighted by Gasteiger charge is -2.36. The molecule has 2 aliphatic rings. The number of amides is 1. The third-order valence-corrected chi connectivity index (χ3v) is 4.35. The highest BCUT2D eigenvalue weighted by atomic mass is 19.4. The Morgan fingerprint density at radius 2 is 2.00 bits per heavy atom. The SMILES string of the molecule is CC(CN1CCCC1=O)NC1CCCCC1C(F)(F)F. The zero-order valence-electron chi connectivity index (χ0n) is 11.9. The summed E-state index contributed by atoms with van der Waals surface area (Å²) in [5.74, 6) is -1.12. The van der Waals surface area contributed by atoms with E-state index in [1.165, 1.54) is 0 Å². The molecule has 116 valence electrons. The molecule has 1 amide bonds. The van der Waals surface area contributed by atoms with Gasteiger partial charge in [-0.3, -0.25) is 4.79 Å². The average Bonchev–Trinajstić information content (AvgIpc) is 2.74. The van der Waals surface area contributed by atoms with Gasteiger partial charge in [-0.05, 0) is 26.2 Å². The topological polar surface area (TPSA) is 32.3 Å². The molecule has 2 rings (SSSR count). The van der Waals surface area contributed by atoms with Crippen LogP contribution in [0.4, 0.5) is 13.2 Å². The smallest absolute Gasteiger partial charge is 0.341 e. The average molecular weight is 292 g/mol. The molecule has 1 heterocycles. The van der Waals surface area contributed by atoms with Crippen LogP contribution in [-0.4, -0.2) is 42.2 Å². The summed E-state index contributed by atoms with van der Waals surface area (Å²) in [4.78, 5) is 13.3. The molecule has 1 aliphatic heterocycles. The number of halogens is 3. The first kappa shape index (κ1) is 15.6. The molecule has 0 aromatic carbocycles. The van der Waals surface area contributed by atoms with Crippen LogP contribution in [0.1, 0.15) is 45.4 Å². The van der Waals surface area contributed by atoms with Gasteiger partial charge in [0.2, 0.25) is 5.91 Å². The molecular weight excluding hydrogens is 269 g/mol. The van der Waals surface area contributed by atoms with E-state index in [1.807, 2.05) is 6.92 Å². The van der Waals surface area contributed by atoms with Gasteiger partial charge in [0.1, 0.15) is 0 Å². The van der Waals surface area contributed by atoms with Gasteiger partial charge in [0, 0.05) is 31.6 Å². The van der Waals surface area contributed by atoms with E-state index in [9.17, 15) is 18.0 Å². The van der Waals surface area contributed by atoms with Crippen LogP contribution in [0.2, 0.25) is 0 Å². The largest absolute Gasteiger partial charge is 0.393 e. The molecule has 6 heteroatoms. The molecule has 1 N–H and O–H groups in total. The molecule has 0 aromatic heterocycles. The molecule has 0 aromatic rings. The molecule has 0 spiro atoms. The van der Waals surface area contributed by atoms with E-state index in [0.717, 1.165) is 19.4 Å². The first-order valence-corrected chi connectivity index (χ1v) is 7.48. The maximum Gasteiger partial charge on any atom is 0.393 e. The Balaban J connectivity index is 1.88. The molecule has 0 radical (unpaired) electrons. The first-order valence-electron chi connectivity index (χ1n) is 7.48. The lowest BCUT2D eigenvalue weighted by molar-refractivity contribution is -0.189. The Labute approximate surface area is 117 Å². The van der Waals surface area contributed by atoms with Crippen LogP contribution in [-0.2, 0) is 4.79 Å². The minimum atomic E-state index is -4.12. The molecule has 0 bridgehead atoms. The van der Waals surface area contributed by atoms with Gasteiger partial charge < -0.3 is 10.2 Å². The normalized spacial score (nSPS) is 29.8. The number of nitrogens with zero attached hydrogens (tertiary/aromatic N) is 1. The third-order valence-electron chi connectivity index (χ3n) is 4.35. The number of likely N-dealkylation sites (tertiary alicyclic amines) is 1. The van der Waals surface area contributed by atoms with E-state index < -0.39 is 18.1 Å². The number of carbonyl (C=O) groups excluding carboxylic acids is 1. The van der Waals surface area contributed by atoms with Crippen molar-refractivity contribution in [3.8, 4) is 0 Å². The monoisotopic (exact) mass is 292 g/mol. The summed E-state index contributed by atoms with van der Waals surface area (Å²) in [6, 6.07) is -0.596. The standard InChI is InChI=1S/C14H23F3N2O/c1-10(9-19-8-4-7-13(19)20)18-12-6-3-2-5-11(12)14(15,16)17/h10-12,18H,2-9H2,1H3. The second kappa shape index (κ2) is 6.33. The fourth-order valence-electron chi connectivity index (χ4n) is 3.37. The fourth-order valence-corrected chi connectivity index (χ4v) is 3.37. The summed E-state index contributed by atoms with van der Waals surface area (Å²) in [6.45, 7) is 3.12. The predicted octanol–water partition coefficient (Wildman–Crippen LogP) is 2.71. The van der Waals surface area contributed by atoms with Gasteiger partial charge in [0.15, 0.2) is 0 Å². The van der Waals surface area contributed by atoms with Crippen LogP contribution in [0.15, 0.2) is 0 Å². The van der Waals surface area contributed by atoms with E-state index in [4.69, 9.17) is 0 Å². The van der Waals surface area contributed by atoms with E-state index in [2.05, 4.69) is 5.32 Å². The number of nitrogens with one attached hydrogen (secondary N) is 1. The summed E-state index contributed by atoms with van der Waals surface area (Å²) in [5, 5.41) is 3.11. The zero-order valence-corrected chi connectivity index (χ0v) is 11.9. The van der Waals surface area contributed by atoms with Gasteiger partial charge in [-0.15, -0.1) is 0 Å². The predicted molar refractivity (Wildman–Crippen MR) is 70.2 cm³/mol. The second-order valence-corrected chi connectivity index (χ2v) is 6.05. The maximum atomic E-state index is 13.0. The Bertz CT molecular complexity index is 346. The first-order chi connectivity index (χ1) is 9.38. The summed E-state index contributed by atoms with van der Waals surface area (Å²) in [6.07, 6.45) is -0.400. The maximum absolute atomic E-state index is 13.0. The van der Waals surface area contributed by atoms with Crippen molar-refractivity contribution in [3.63, 3.8) is 0 Å². The minimum absolute atomic E-state index is 0.0926. The van der Waals surface area contributed by atoms with Crippen molar-refractivity contribution in [1.29, 1.82) is 0 Å². The van der Waals surface area contributed by atoms with Gasteiger partial charge in [-0.25, -0.2) is 0 Å². The Hall–Kier alpha value is -0.780. The molecule has 1 saturated carbocycles. The highest BCUT2D eigenvalue weighted by Gasteiger charge is 2.45. The van der Waals surface area contributed by atoms with Crippen LogP contribution in [0.5, 0.6) is 0 Å². The highest BCUT2D eigenvalue weighted by Crippen LogP contribution is 2.37. The molecule has 20 heavy (non-hydrogen) atoms. The van der Waals surface area contributed by atoms with E-state index in [0.29, 0.717) is 25.8 Å². The summed E-state index contributed by atoms with van der Waals surface area (Å²) in [5.41, 5.74) is 0. The third kappa shape index (κ3) is 3.87.